The van der Waals surface area contributed by atoms with Crippen molar-refractivity contribution in [2.45, 2.75) is 33.4 Å². The number of carbonyl (C=O) groups excluding carboxylic acids is 1. The predicted molar refractivity (Wildman–Crippen MR) is 125 cm³/mol. The molecule has 0 fully saturated rings. The Hall–Kier alpha value is -2.97. The van der Waals surface area contributed by atoms with Crippen LogP contribution in [-0.2, 0) is 17.9 Å². The average Bonchev–Trinajstić information content (AvgIpc) is 3.36. The molecule has 0 bridgehead atoms. The first-order valence-electron chi connectivity index (χ1n) is 10.6. The van der Waals surface area contributed by atoms with E-state index >= 15 is 0 Å². The van der Waals surface area contributed by atoms with Crippen molar-refractivity contribution in [2.24, 2.45) is 0 Å². The molecule has 0 radical (unpaired) electrons. The van der Waals surface area contributed by atoms with Crippen molar-refractivity contribution in [1.29, 1.82) is 0 Å². The van der Waals surface area contributed by atoms with Crippen molar-refractivity contribution in [3.05, 3.63) is 69.6 Å². The van der Waals surface area contributed by atoms with E-state index in [0.29, 0.717) is 17.9 Å². The Morgan fingerprint density at radius 1 is 1.19 bits per heavy atom. The molecule has 3 aromatic heterocycles. The second-order valence-electron chi connectivity index (χ2n) is 7.60. The van der Waals surface area contributed by atoms with E-state index in [1.807, 2.05) is 34.9 Å². The fourth-order valence-corrected chi connectivity index (χ4v) is 4.65. The van der Waals surface area contributed by atoms with E-state index in [4.69, 9.17) is 0 Å². The topological polar surface area (TPSA) is 71.6 Å². The van der Waals surface area contributed by atoms with E-state index in [2.05, 4.69) is 46.5 Å². The highest BCUT2D eigenvalue weighted by atomic mass is 32.1. The Morgan fingerprint density at radius 3 is 2.77 bits per heavy atom. The molecule has 0 saturated heterocycles. The first-order valence-corrected chi connectivity index (χ1v) is 11.4. The maximum absolute atomic E-state index is 12.8. The van der Waals surface area contributed by atoms with Gasteiger partial charge in [-0.15, -0.1) is 11.3 Å². The fourth-order valence-electron chi connectivity index (χ4n) is 3.85. The zero-order valence-corrected chi connectivity index (χ0v) is 18.7. The Labute approximate surface area is 184 Å². The molecular weight excluding hydrogens is 410 g/mol. The van der Waals surface area contributed by atoms with Crippen LogP contribution >= 0.6 is 11.3 Å². The number of thiophene rings is 1. The smallest absolute Gasteiger partial charge is 0.291 e. The van der Waals surface area contributed by atoms with Crippen molar-refractivity contribution < 1.29 is 4.79 Å². The molecule has 8 heteroatoms. The number of nitrogens with one attached hydrogen (secondary N) is 1. The van der Waals surface area contributed by atoms with Crippen molar-refractivity contribution in [3.63, 3.8) is 0 Å². The van der Waals surface area contributed by atoms with Crippen LogP contribution in [0, 0.1) is 6.92 Å². The van der Waals surface area contributed by atoms with E-state index < -0.39 is 0 Å². The third-order valence-electron chi connectivity index (χ3n) is 5.43. The summed E-state index contributed by atoms with van der Waals surface area (Å²) in [6.45, 7) is 7.25. The molecule has 1 amide bonds. The van der Waals surface area contributed by atoms with Crippen molar-refractivity contribution in [1.82, 2.24) is 24.4 Å². The highest BCUT2D eigenvalue weighted by molar-refractivity contribution is 7.17. The Bertz CT molecular complexity index is 1240. The number of benzene rings is 1. The van der Waals surface area contributed by atoms with Gasteiger partial charge >= 0.3 is 0 Å². The quantitative estimate of drug-likeness (QED) is 0.409. The predicted octanol–water partition coefficient (Wildman–Crippen LogP) is 3.05. The standard InChI is InChI=1S/C23H27N5O2S/c1-3-26(15-18-8-5-4-6-9-18)12-7-11-24-22(29)16-27-23(30)20-14-21-19(10-13-31-21)28(20)17(2)25-27/h4-6,8-10,13-14H,3,7,11-12,15-16H2,1-2H3,(H,24,29). The number of aromatic nitrogens is 3. The van der Waals surface area contributed by atoms with Crippen molar-refractivity contribution in [2.75, 3.05) is 19.6 Å². The van der Waals surface area contributed by atoms with Crippen LogP contribution in [0.25, 0.3) is 15.7 Å². The molecule has 31 heavy (non-hydrogen) atoms. The van der Waals surface area contributed by atoms with Crippen LogP contribution in [0.1, 0.15) is 24.7 Å². The van der Waals surface area contributed by atoms with Crippen LogP contribution in [0.5, 0.6) is 0 Å². The molecule has 0 aliphatic rings. The van der Waals surface area contributed by atoms with Gasteiger partial charge < -0.3 is 5.32 Å². The molecular formula is C23H27N5O2S. The van der Waals surface area contributed by atoms with Gasteiger partial charge in [0.25, 0.3) is 5.56 Å². The largest absolute Gasteiger partial charge is 0.354 e. The Kier molecular flexibility index (Phi) is 6.48. The lowest BCUT2D eigenvalue weighted by atomic mass is 10.2. The second-order valence-corrected chi connectivity index (χ2v) is 8.55. The van der Waals surface area contributed by atoms with E-state index in [1.54, 1.807) is 11.3 Å². The lowest BCUT2D eigenvalue weighted by molar-refractivity contribution is -0.121. The van der Waals surface area contributed by atoms with E-state index in [0.717, 1.165) is 36.3 Å². The van der Waals surface area contributed by atoms with Crippen LogP contribution in [-0.4, -0.2) is 44.6 Å². The third-order valence-corrected chi connectivity index (χ3v) is 6.28. The lowest BCUT2D eigenvalue weighted by Gasteiger charge is -2.20. The van der Waals surface area contributed by atoms with Crippen LogP contribution in [0.3, 0.4) is 0 Å². The molecule has 0 unspecified atom stereocenters. The van der Waals surface area contributed by atoms with Crippen molar-refractivity contribution >= 4 is 33.0 Å². The minimum Gasteiger partial charge on any atom is -0.354 e. The molecule has 4 aromatic rings. The number of hydrogen-bond acceptors (Lipinski definition) is 5. The maximum Gasteiger partial charge on any atom is 0.291 e. The summed E-state index contributed by atoms with van der Waals surface area (Å²) in [6.07, 6.45) is 0.849. The number of rotatable bonds is 9. The Balaban J connectivity index is 1.32. The fraction of sp³-hybridized carbons (Fsp3) is 0.348. The molecule has 162 valence electrons. The summed E-state index contributed by atoms with van der Waals surface area (Å²) in [5, 5.41) is 9.28. The van der Waals surface area contributed by atoms with Gasteiger partial charge in [-0.05, 0) is 43.0 Å². The van der Waals surface area contributed by atoms with Gasteiger partial charge in [-0.1, -0.05) is 37.3 Å². The number of nitrogens with zero attached hydrogens (tertiary/aromatic N) is 4. The molecule has 0 spiro atoms. The molecule has 1 N–H and O–H groups in total. The van der Waals surface area contributed by atoms with Crippen LogP contribution in [0.4, 0.5) is 0 Å². The number of fused-ring (bicyclic) bond motifs is 3. The molecule has 3 heterocycles. The number of carbonyl (C=O) groups is 1. The SMILES string of the molecule is CCN(CCCNC(=O)Cn1nc(C)n2c(cc3sccc32)c1=O)Cc1ccccc1. The summed E-state index contributed by atoms with van der Waals surface area (Å²) < 4.78 is 4.16. The van der Waals surface area contributed by atoms with E-state index in [9.17, 15) is 9.59 Å². The van der Waals surface area contributed by atoms with Gasteiger partial charge in [0.05, 0.1) is 10.2 Å². The second kappa shape index (κ2) is 9.45. The third kappa shape index (κ3) is 4.70. The van der Waals surface area contributed by atoms with E-state index in [-0.39, 0.29) is 18.0 Å². The van der Waals surface area contributed by atoms with Crippen molar-refractivity contribution in [3.8, 4) is 0 Å². The molecule has 0 saturated carbocycles. The summed E-state index contributed by atoms with van der Waals surface area (Å²) in [4.78, 5) is 27.6. The molecule has 0 aliphatic carbocycles. The van der Waals surface area contributed by atoms with Gasteiger partial charge in [-0.2, -0.15) is 5.10 Å². The number of aryl methyl sites for hydroxylation is 1. The number of amides is 1. The van der Waals surface area contributed by atoms with Gasteiger partial charge in [0.1, 0.15) is 17.9 Å². The normalized spacial score (nSPS) is 11.6. The van der Waals surface area contributed by atoms with Gasteiger partial charge in [0, 0.05) is 19.6 Å². The molecule has 7 nitrogen and oxygen atoms in total. The first kappa shape index (κ1) is 21.3. The van der Waals surface area contributed by atoms with Gasteiger partial charge in [-0.25, -0.2) is 4.68 Å². The molecule has 4 rings (SSSR count). The summed E-state index contributed by atoms with van der Waals surface area (Å²) >= 11 is 1.59. The summed E-state index contributed by atoms with van der Waals surface area (Å²) in [5.41, 5.74) is 2.58. The highest BCUT2D eigenvalue weighted by Crippen LogP contribution is 2.24. The lowest BCUT2D eigenvalue weighted by Crippen LogP contribution is -2.36. The van der Waals surface area contributed by atoms with Gasteiger partial charge in [-0.3, -0.25) is 18.9 Å². The summed E-state index contributed by atoms with van der Waals surface area (Å²) in [7, 11) is 0. The van der Waals surface area contributed by atoms with Crippen LogP contribution in [0.2, 0.25) is 0 Å². The van der Waals surface area contributed by atoms with Crippen LogP contribution in [0.15, 0.2) is 52.6 Å². The molecule has 0 aliphatic heterocycles. The van der Waals surface area contributed by atoms with Gasteiger partial charge in [0.15, 0.2) is 0 Å². The highest BCUT2D eigenvalue weighted by Gasteiger charge is 2.14. The Morgan fingerprint density at radius 2 is 2.00 bits per heavy atom. The molecule has 1 aromatic carbocycles. The van der Waals surface area contributed by atoms with E-state index in [1.165, 1.54) is 10.2 Å². The van der Waals surface area contributed by atoms with Crippen LogP contribution < -0.4 is 10.9 Å². The maximum atomic E-state index is 12.8. The average molecular weight is 438 g/mol. The number of hydrogen-bond donors (Lipinski definition) is 1. The summed E-state index contributed by atoms with van der Waals surface area (Å²) in [5.74, 6) is 0.494. The monoisotopic (exact) mass is 437 g/mol. The first-order chi connectivity index (χ1) is 15.1. The minimum atomic E-state index is -0.246. The zero-order chi connectivity index (χ0) is 21.8. The minimum absolute atomic E-state index is 0.0729. The summed E-state index contributed by atoms with van der Waals surface area (Å²) in [6, 6.07) is 14.2. The molecule has 0 atom stereocenters. The van der Waals surface area contributed by atoms with Gasteiger partial charge in [0.2, 0.25) is 5.91 Å². The zero-order valence-electron chi connectivity index (χ0n) is 17.9.